The second-order valence-corrected chi connectivity index (χ2v) is 6.77. The van der Waals surface area contributed by atoms with E-state index in [-0.39, 0.29) is 5.56 Å². The molecule has 0 saturated carbocycles. The summed E-state index contributed by atoms with van der Waals surface area (Å²) in [6.07, 6.45) is 1.69. The van der Waals surface area contributed by atoms with Crippen LogP contribution in [0.25, 0.3) is 11.0 Å². The summed E-state index contributed by atoms with van der Waals surface area (Å²) in [4.78, 5) is 18.5. The Morgan fingerprint density at radius 3 is 2.70 bits per heavy atom. The fraction of sp³-hybridized carbons (Fsp3) is 0.130. The highest BCUT2D eigenvalue weighted by Gasteiger charge is 2.11. The number of aromatic amines is 1. The van der Waals surface area contributed by atoms with Gasteiger partial charge in [0.25, 0.3) is 0 Å². The lowest BCUT2D eigenvalue weighted by molar-refractivity contribution is 0.910. The fourth-order valence-corrected chi connectivity index (χ4v) is 3.46. The number of hydrogen-bond donors (Lipinski definition) is 2. The van der Waals surface area contributed by atoms with Gasteiger partial charge in [-0.05, 0) is 47.9 Å². The zero-order valence-electron chi connectivity index (χ0n) is 15.4. The third-order valence-corrected chi connectivity index (χ3v) is 4.95. The molecule has 0 amide bonds. The normalized spacial score (nSPS) is 12.1. The Morgan fingerprint density at radius 2 is 1.85 bits per heavy atom. The molecule has 1 unspecified atom stereocenters. The number of pyridine rings is 2. The molecule has 4 rings (SSSR count). The number of aryl methyl sites for hydroxylation is 1. The highest BCUT2D eigenvalue weighted by molar-refractivity contribution is 5.90. The van der Waals surface area contributed by atoms with E-state index in [2.05, 4.69) is 71.6 Å². The predicted molar refractivity (Wildman–Crippen MR) is 111 cm³/mol. The molecule has 0 aliphatic carbocycles. The molecule has 4 heteroatoms. The van der Waals surface area contributed by atoms with Crippen LogP contribution in [0.4, 0.5) is 11.4 Å². The monoisotopic (exact) mass is 355 g/mol. The number of nitrogens with zero attached hydrogens (tertiary/aromatic N) is 1. The molecule has 0 bridgehead atoms. The van der Waals surface area contributed by atoms with Crippen molar-refractivity contribution in [2.45, 2.75) is 19.8 Å². The molecule has 1 atom stereocenters. The SMILES string of the molecule is Cc1ccccc1C(C)c1cccc(Nc2ccnc3[nH]c(=O)ccc23)c1. The first-order valence-corrected chi connectivity index (χ1v) is 9.02. The molecule has 4 nitrogen and oxygen atoms in total. The summed E-state index contributed by atoms with van der Waals surface area (Å²) in [5.74, 6) is 0.304. The Bertz CT molecular complexity index is 1160. The molecule has 0 aliphatic rings. The maximum atomic E-state index is 11.5. The Morgan fingerprint density at radius 1 is 1.00 bits per heavy atom. The number of anilines is 2. The van der Waals surface area contributed by atoms with Crippen LogP contribution in [0.3, 0.4) is 0 Å². The maximum Gasteiger partial charge on any atom is 0.249 e. The van der Waals surface area contributed by atoms with E-state index in [1.54, 1.807) is 12.3 Å². The highest BCUT2D eigenvalue weighted by atomic mass is 16.1. The molecule has 0 fully saturated rings. The van der Waals surface area contributed by atoms with Gasteiger partial charge in [0.2, 0.25) is 5.56 Å². The molecule has 2 heterocycles. The van der Waals surface area contributed by atoms with E-state index >= 15 is 0 Å². The molecule has 2 N–H and O–H groups in total. The van der Waals surface area contributed by atoms with Crippen molar-refractivity contribution < 1.29 is 0 Å². The van der Waals surface area contributed by atoms with Crippen molar-refractivity contribution in [3.8, 4) is 0 Å². The minimum Gasteiger partial charge on any atom is -0.355 e. The lowest BCUT2D eigenvalue weighted by Crippen LogP contribution is -2.04. The molecule has 27 heavy (non-hydrogen) atoms. The zero-order valence-corrected chi connectivity index (χ0v) is 15.4. The Balaban J connectivity index is 1.68. The summed E-state index contributed by atoms with van der Waals surface area (Å²) < 4.78 is 0. The molecule has 2 aromatic carbocycles. The van der Waals surface area contributed by atoms with Crippen LogP contribution in [0, 0.1) is 6.92 Å². The summed E-state index contributed by atoms with van der Waals surface area (Å²) in [7, 11) is 0. The van der Waals surface area contributed by atoms with Gasteiger partial charge in [0.1, 0.15) is 5.65 Å². The van der Waals surface area contributed by atoms with Crippen molar-refractivity contribution in [2.24, 2.45) is 0 Å². The summed E-state index contributed by atoms with van der Waals surface area (Å²) >= 11 is 0. The van der Waals surface area contributed by atoms with Gasteiger partial charge in [-0.2, -0.15) is 0 Å². The van der Waals surface area contributed by atoms with Crippen LogP contribution >= 0.6 is 0 Å². The van der Waals surface area contributed by atoms with Crippen LogP contribution in [-0.2, 0) is 0 Å². The van der Waals surface area contributed by atoms with Gasteiger partial charge in [0, 0.05) is 29.3 Å². The van der Waals surface area contributed by atoms with Gasteiger partial charge in [-0.3, -0.25) is 4.79 Å². The van der Waals surface area contributed by atoms with Crippen molar-refractivity contribution >= 4 is 22.4 Å². The molecular formula is C23H21N3O. The second kappa shape index (κ2) is 7.08. The minimum atomic E-state index is -0.152. The molecule has 0 aliphatic heterocycles. The zero-order chi connectivity index (χ0) is 18.8. The summed E-state index contributed by atoms with van der Waals surface area (Å²) in [6.45, 7) is 4.38. The Hall–Kier alpha value is -3.40. The fourth-order valence-electron chi connectivity index (χ4n) is 3.46. The first kappa shape index (κ1) is 17.0. The molecule has 134 valence electrons. The van der Waals surface area contributed by atoms with Gasteiger partial charge >= 0.3 is 0 Å². The van der Waals surface area contributed by atoms with Crippen molar-refractivity contribution in [1.82, 2.24) is 9.97 Å². The first-order chi connectivity index (χ1) is 13.1. The van der Waals surface area contributed by atoms with Gasteiger partial charge in [0.15, 0.2) is 0 Å². The average Bonchev–Trinajstić information content (AvgIpc) is 2.68. The summed E-state index contributed by atoms with van der Waals surface area (Å²) in [5, 5.41) is 4.35. The summed E-state index contributed by atoms with van der Waals surface area (Å²) in [5.41, 5.74) is 6.23. The number of rotatable bonds is 4. The van der Waals surface area contributed by atoms with Crippen LogP contribution in [-0.4, -0.2) is 9.97 Å². The number of nitrogens with one attached hydrogen (secondary N) is 2. The van der Waals surface area contributed by atoms with Gasteiger partial charge < -0.3 is 10.3 Å². The van der Waals surface area contributed by atoms with Crippen LogP contribution in [0.15, 0.2) is 77.7 Å². The van der Waals surface area contributed by atoms with Crippen LogP contribution < -0.4 is 10.9 Å². The first-order valence-electron chi connectivity index (χ1n) is 9.02. The minimum absolute atomic E-state index is 0.152. The van der Waals surface area contributed by atoms with Crippen molar-refractivity contribution in [1.29, 1.82) is 0 Å². The van der Waals surface area contributed by atoms with Crippen LogP contribution in [0.5, 0.6) is 0 Å². The maximum absolute atomic E-state index is 11.5. The van der Waals surface area contributed by atoms with Gasteiger partial charge in [0.05, 0.1) is 5.69 Å². The van der Waals surface area contributed by atoms with E-state index in [1.807, 2.05) is 12.1 Å². The van der Waals surface area contributed by atoms with E-state index in [0.29, 0.717) is 11.6 Å². The van der Waals surface area contributed by atoms with E-state index in [9.17, 15) is 4.79 Å². The number of benzene rings is 2. The molecule has 2 aromatic heterocycles. The van der Waals surface area contributed by atoms with E-state index in [0.717, 1.165) is 16.8 Å². The van der Waals surface area contributed by atoms with E-state index in [4.69, 9.17) is 0 Å². The molecule has 0 spiro atoms. The van der Waals surface area contributed by atoms with Crippen molar-refractivity contribution in [2.75, 3.05) is 5.32 Å². The largest absolute Gasteiger partial charge is 0.355 e. The summed E-state index contributed by atoms with van der Waals surface area (Å²) in [6, 6.07) is 22.2. The molecule has 0 radical (unpaired) electrons. The Kier molecular flexibility index (Phi) is 4.47. The van der Waals surface area contributed by atoms with Gasteiger partial charge in [-0.15, -0.1) is 0 Å². The lowest BCUT2D eigenvalue weighted by Gasteiger charge is -2.17. The smallest absolute Gasteiger partial charge is 0.249 e. The van der Waals surface area contributed by atoms with Gasteiger partial charge in [-0.1, -0.05) is 43.3 Å². The van der Waals surface area contributed by atoms with Crippen LogP contribution in [0.1, 0.15) is 29.5 Å². The average molecular weight is 355 g/mol. The van der Waals surface area contributed by atoms with Crippen molar-refractivity contribution in [3.05, 3.63) is 100.0 Å². The Labute approximate surface area is 157 Å². The number of hydrogen-bond acceptors (Lipinski definition) is 3. The third-order valence-electron chi connectivity index (χ3n) is 4.95. The number of aromatic nitrogens is 2. The molecule has 4 aromatic rings. The highest BCUT2D eigenvalue weighted by Crippen LogP contribution is 2.30. The third kappa shape index (κ3) is 3.47. The van der Waals surface area contributed by atoms with Gasteiger partial charge in [-0.25, -0.2) is 4.98 Å². The standard InChI is InChI=1S/C23H21N3O/c1-15-6-3-4-9-19(15)16(2)17-7-5-8-18(14-17)25-21-12-13-24-23-20(21)10-11-22(27)26-23/h3-14,16H,1-2H3,(H2,24,25,26,27). The van der Waals surface area contributed by atoms with Crippen molar-refractivity contribution in [3.63, 3.8) is 0 Å². The second-order valence-electron chi connectivity index (χ2n) is 6.77. The quantitative estimate of drug-likeness (QED) is 0.534. The molecule has 0 saturated heterocycles. The topological polar surface area (TPSA) is 57.8 Å². The number of H-pyrrole nitrogens is 1. The van der Waals surface area contributed by atoms with E-state index in [1.165, 1.54) is 22.8 Å². The lowest BCUT2D eigenvalue weighted by atomic mass is 9.90. The molecular weight excluding hydrogens is 334 g/mol. The predicted octanol–water partition coefficient (Wildman–Crippen LogP) is 5.13. The number of fused-ring (bicyclic) bond motifs is 1. The van der Waals surface area contributed by atoms with Crippen LogP contribution in [0.2, 0.25) is 0 Å². The van der Waals surface area contributed by atoms with E-state index < -0.39 is 0 Å².